The van der Waals surface area contributed by atoms with Crippen LogP contribution in [0.1, 0.15) is 20.9 Å². The number of hydrogen-bond donors (Lipinski definition) is 0. The van der Waals surface area contributed by atoms with Crippen LogP contribution in [-0.4, -0.2) is 42.0 Å². The van der Waals surface area contributed by atoms with Crippen LogP contribution in [0.25, 0.3) is 9.88 Å². The van der Waals surface area contributed by atoms with E-state index in [9.17, 15) is 4.79 Å². The van der Waals surface area contributed by atoms with Gasteiger partial charge in [0.25, 0.3) is 5.91 Å². The van der Waals surface area contributed by atoms with E-state index < -0.39 is 0 Å². The van der Waals surface area contributed by atoms with Gasteiger partial charge in [-0.3, -0.25) is 4.79 Å². The lowest BCUT2D eigenvalue weighted by molar-refractivity contribution is 0.0750. The van der Waals surface area contributed by atoms with Gasteiger partial charge < -0.3 is 9.80 Å². The monoisotopic (exact) mass is 383 g/mol. The highest BCUT2D eigenvalue weighted by atomic mass is 32.1. The van der Waals surface area contributed by atoms with Crippen molar-refractivity contribution in [3.63, 3.8) is 0 Å². The zero-order valence-electron chi connectivity index (χ0n) is 14.9. The molecule has 0 aliphatic carbocycles. The van der Waals surface area contributed by atoms with E-state index in [0.29, 0.717) is 0 Å². The molecule has 4 rings (SSSR count). The molecule has 6 heteroatoms. The summed E-state index contributed by atoms with van der Waals surface area (Å²) >= 11 is 3.17. The molecular formula is C20H21N3OS2. The molecule has 0 radical (unpaired) electrons. The first-order valence-corrected chi connectivity index (χ1v) is 10.4. The van der Waals surface area contributed by atoms with Crippen molar-refractivity contribution in [1.29, 1.82) is 0 Å². The SMILES string of the molecule is Cc1cccc(N2CCN(C(=O)c3sc(-c4cccs4)nc3C)CC2)c1. The Morgan fingerprint density at radius 2 is 1.88 bits per heavy atom. The topological polar surface area (TPSA) is 36.4 Å². The number of rotatable bonds is 3. The summed E-state index contributed by atoms with van der Waals surface area (Å²) in [5.74, 6) is 0.117. The molecule has 1 fully saturated rings. The number of thiophene rings is 1. The second-order valence-corrected chi connectivity index (χ2v) is 8.48. The number of benzene rings is 1. The molecule has 0 unspecified atom stereocenters. The van der Waals surface area contributed by atoms with E-state index in [-0.39, 0.29) is 5.91 Å². The molecule has 134 valence electrons. The van der Waals surface area contributed by atoms with Gasteiger partial charge in [0.2, 0.25) is 0 Å². The van der Waals surface area contributed by atoms with Crippen LogP contribution in [-0.2, 0) is 0 Å². The van der Waals surface area contributed by atoms with Crippen LogP contribution in [0.3, 0.4) is 0 Å². The van der Waals surface area contributed by atoms with Crippen LogP contribution in [0.4, 0.5) is 5.69 Å². The third-order valence-corrected chi connectivity index (χ3v) is 6.84. The molecule has 0 saturated carbocycles. The van der Waals surface area contributed by atoms with Gasteiger partial charge in [0.15, 0.2) is 0 Å². The van der Waals surface area contributed by atoms with Crippen LogP contribution in [0, 0.1) is 13.8 Å². The van der Waals surface area contributed by atoms with Gasteiger partial charge in [0.05, 0.1) is 10.6 Å². The molecule has 0 N–H and O–H groups in total. The fourth-order valence-corrected chi connectivity index (χ4v) is 5.07. The van der Waals surface area contributed by atoms with Crippen molar-refractivity contribution in [2.75, 3.05) is 31.1 Å². The van der Waals surface area contributed by atoms with Crippen molar-refractivity contribution >= 4 is 34.3 Å². The number of piperazine rings is 1. The quantitative estimate of drug-likeness (QED) is 0.670. The molecule has 1 amide bonds. The van der Waals surface area contributed by atoms with E-state index in [0.717, 1.165) is 46.6 Å². The first-order chi connectivity index (χ1) is 12.6. The van der Waals surface area contributed by atoms with E-state index in [1.54, 1.807) is 11.3 Å². The molecule has 3 heterocycles. The van der Waals surface area contributed by atoms with Gasteiger partial charge in [-0.25, -0.2) is 4.98 Å². The number of amides is 1. The molecular weight excluding hydrogens is 362 g/mol. The fourth-order valence-electron chi connectivity index (χ4n) is 3.24. The number of anilines is 1. The zero-order chi connectivity index (χ0) is 18.1. The van der Waals surface area contributed by atoms with Crippen molar-refractivity contribution in [3.8, 4) is 9.88 Å². The van der Waals surface area contributed by atoms with Crippen LogP contribution in [0.5, 0.6) is 0 Å². The number of nitrogens with zero attached hydrogens (tertiary/aromatic N) is 3. The van der Waals surface area contributed by atoms with Gasteiger partial charge in [-0.1, -0.05) is 18.2 Å². The summed E-state index contributed by atoms with van der Waals surface area (Å²) in [6.07, 6.45) is 0. The number of carbonyl (C=O) groups is 1. The highest BCUT2D eigenvalue weighted by Crippen LogP contribution is 2.32. The Kier molecular flexibility index (Phi) is 4.78. The summed E-state index contributed by atoms with van der Waals surface area (Å²) < 4.78 is 0. The Morgan fingerprint density at radius 1 is 1.08 bits per heavy atom. The smallest absolute Gasteiger partial charge is 0.265 e. The maximum absolute atomic E-state index is 13.0. The molecule has 4 nitrogen and oxygen atoms in total. The van der Waals surface area contributed by atoms with Crippen molar-refractivity contribution in [3.05, 3.63) is 57.9 Å². The molecule has 2 aromatic heterocycles. The first-order valence-electron chi connectivity index (χ1n) is 8.74. The van der Waals surface area contributed by atoms with E-state index in [2.05, 4.69) is 47.1 Å². The predicted octanol–water partition coefficient (Wildman–Crippen LogP) is 4.45. The maximum Gasteiger partial charge on any atom is 0.265 e. The molecule has 0 bridgehead atoms. The Balaban J connectivity index is 1.45. The largest absolute Gasteiger partial charge is 0.368 e. The molecule has 1 aliphatic rings. The van der Waals surface area contributed by atoms with Crippen molar-refractivity contribution < 1.29 is 4.79 Å². The number of carbonyl (C=O) groups excluding carboxylic acids is 1. The van der Waals surface area contributed by atoms with Gasteiger partial charge in [-0.05, 0) is 43.0 Å². The Labute approximate surface area is 161 Å². The van der Waals surface area contributed by atoms with E-state index in [1.807, 2.05) is 23.3 Å². The minimum atomic E-state index is 0.117. The summed E-state index contributed by atoms with van der Waals surface area (Å²) in [4.78, 5) is 23.8. The van der Waals surface area contributed by atoms with Crippen molar-refractivity contribution in [1.82, 2.24) is 9.88 Å². The van der Waals surface area contributed by atoms with E-state index >= 15 is 0 Å². The van der Waals surface area contributed by atoms with Crippen LogP contribution in [0.2, 0.25) is 0 Å². The van der Waals surface area contributed by atoms with Gasteiger partial charge >= 0.3 is 0 Å². The number of aryl methyl sites for hydroxylation is 2. The summed E-state index contributed by atoms with van der Waals surface area (Å²) in [7, 11) is 0. The highest BCUT2D eigenvalue weighted by molar-refractivity contribution is 7.22. The molecule has 0 atom stereocenters. The number of thiazole rings is 1. The van der Waals surface area contributed by atoms with Gasteiger partial charge in [-0.2, -0.15) is 0 Å². The standard InChI is InChI=1S/C20H21N3OS2/c1-14-5-3-6-16(13-14)22-8-10-23(11-9-22)20(24)18-15(2)21-19(26-18)17-7-4-12-25-17/h3-7,12-13H,8-11H2,1-2H3. The summed E-state index contributed by atoms with van der Waals surface area (Å²) in [6, 6.07) is 12.6. The number of hydrogen-bond acceptors (Lipinski definition) is 5. The lowest BCUT2D eigenvalue weighted by Crippen LogP contribution is -2.48. The predicted molar refractivity (Wildman–Crippen MR) is 109 cm³/mol. The lowest BCUT2D eigenvalue weighted by Gasteiger charge is -2.36. The Morgan fingerprint density at radius 3 is 2.58 bits per heavy atom. The summed E-state index contributed by atoms with van der Waals surface area (Å²) in [6.45, 7) is 7.28. The molecule has 26 heavy (non-hydrogen) atoms. The third-order valence-electron chi connectivity index (χ3n) is 4.66. The van der Waals surface area contributed by atoms with Crippen molar-refractivity contribution in [2.24, 2.45) is 0 Å². The second-order valence-electron chi connectivity index (χ2n) is 6.53. The second kappa shape index (κ2) is 7.21. The summed E-state index contributed by atoms with van der Waals surface area (Å²) in [5.41, 5.74) is 3.35. The molecule has 1 saturated heterocycles. The van der Waals surface area contributed by atoms with E-state index in [1.165, 1.54) is 22.6 Å². The molecule has 3 aromatic rings. The average Bonchev–Trinajstić information content (AvgIpc) is 3.31. The normalized spacial score (nSPS) is 14.7. The zero-order valence-corrected chi connectivity index (χ0v) is 16.6. The highest BCUT2D eigenvalue weighted by Gasteiger charge is 2.26. The summed E-state index contributed by atoms with van der Waals surface area (Å²) in [5, 5.41) is 2.98. The fraction of sp³-hybridized carbons (Fsp3) is 0.300. The minimum Gasteiger partial charge on any atom is -0.368 e. The minimum absolute atomic E-state index is 0.117. The van der Waals surface area contributed by atoms with Crippen LogP contribution in [0.15, 0.2) is 41.8 Å². The lowest BCUT2D eigenvalue weighted by atomic mass is 10.2. The van der Waals surface area contributed by atoms with Crippen LogP contribution < -0.4 is 4.90 Å². The third kappa shape index (κ3) is 3.39. The van der Waals surface area contributed by atoms with Crippen molar-refractivity contribution in [2.45, 2.75) is 13.8 Å². The molecule has 1 aromatic carbocycles. The Hall–Kier alpha value is -2.18. The number of aromatic nitrogens is 1. The van der Waals surface area contributed by atoms with E-state index in [4.69, 9.17) is 0 Å². The maximum atomic E-state index is 13.0. The van der Waals surface area contributed by atoms with Crippen LogP contribution >= 0.6 is 22.7 Å². The Bertz CT molecular complexity index is 909. The molecule has 1 aliphatic heterocycles. The van der Waals surface area contributed by atoms with Gasteiger partial charge in [0.1, 0.15) is 9.88 Å². The molecule has 0 spiro atoms. The average molecular weight is 384 g/mol. The van der Waals surface area contributed by atoms with Gasteiger partial charge in [-0.15, -0.1) is 22.7 Å². The van der Waals surface area contributed by atoms with Gasteiger partial charge in [0, 0.05) is 31.9 Å². The first kappa shape index (κ1) is 17.2.